The largest absolute Gasteiger partial charge is 0.489 e. The van der Waals surface area contributed by atoms with Crippen LogP contribution in [0.4, 0.5) is 0 Å². The number of ether oxygens (including phenoxy) is 1. The van der Waals surface area contributed by atoms with Crippen molar-refractivity contribution in [1.29, 1.82) is 0 Å². The van der Waals surface area contributed by atoms with E-state index < -0.39 is 5.97 Å². The van der Waals surface area contributed by atoms with Crippen molar-refractivity contribution in [2.45, 2.75) is 37.0 Å². The summed E-state index contributed by atoms with van der Waals surface area (Å²) in [6, 6.07) is 22.0. The molecular weight excluding hydrogens is 555 g/mol. The molecular formula is C30H24Cl2N2O4S. The van der Waals surface area contributed by atoms with Crippen molar-refractivity contribution < 1.29 is 19.2 Å². The molecule has 39 heavy (non-hydrogen) atoms. The highest BCUT2D eigenvalue weighted by atomic mass is 35.5. The third kappa shape index (κ3) is 5.91. The average molecular weight is 580 g/mol. The molecule has 0 amide bonds. The molecule has 0 aliphatic heterocycles. The van der Waals surface area contributed by atoms with Crippen LogP contribution in [-0.2, 0) is 12.4 Å². The number of carboxylic acid groups (broad SMARTS) is 1. The molecule has 5 rings (SSSR count). The second-order valence-electron chi connectivity index (χ2n) is 9.16. The molecule has 6 nitrogen and oxygen atoms in total. The number of thioether (sulfide) groups is 1. The first-order valence-corrected chi connectivity index (χ1v) is 14.0. The van der Waals surface area contributed by atoms with Gasteiger partial charge >= 0.3 is 5.97 Å². The fraction of sp³-hybridized carbons (Fsp3) is 0.167. The Morgan fingerprint density at radius 2 is 1.74 bits per heavy atom. The number of carbonyl (C=O) groups is 1. The van der Waals surface area contributed by atoms with Gasteiger partial charge in [0.2, 0.25) is 0 Å². The SMILES string of the molecule is CC(C)c1onc(CSc2c(Cl)cccc2Cl)c1COc1ccc(-c2cc3ccccc3nc2C(=O)O)cc1. The van der Waals surface area contributed by atoms with E-state index in [1.807, 2.05) is 68.4 Å². The summed E-state index contributed by atoms with van der Waals surface area (Å²) in [4.78, 5) is 17.1. The van der Waals surface area contributed by atoms with Crippen molar-refractivity contribution in [3.05, 3.63) is 106 Å². The number of hydrogen-bond donors (Lipinski definition) is 1. The highest BCUT2D eigenvalue weighted by Gasteiger charge is 2.21. The average Bonchev–Trinajstić information content (AvgIpc) is 3.34. The van der Waals surface area contributed by atoms with E-state index in [1.165, 1.54) is 11.8 Å². The van der Waals surface area contributed by atoms with Crippen LogP contribution >= 0.6 is 35.0 Å². The van der Waals surface area contributed by atoms with Crippen LogP contribution in [0.1, 0.15) is 47.3 Å². The fourth-order valence-corrected chi connectivity index (χ4v) is 5.87. The first-order chi connectivity index (χ1) is 18.8. The molecule has 3 aromatic carbocycles. The Morgan fingerprint density at radius 3 is 2.44 bits per heavy atom. The second kappa shape index (κ2) is 11.7. The quantitative estimate of drug-likeness (QED) is 0.175. The summed E-state index contributed by atoms with van der Waals surface area (Å²) in [5, 5.41) is 16.1. The molecule has 9 heteroatoms. The number of carboxylic acids is 1. The Labute approximate surface area is 239 Å². The van der Waals surface area contributed by atoms with Crippen molar-refractivity contribution in [1.82, 2.24) is 10.1 Å². The maximum Gasteiger partial charge on any atom is 0.355 e. The van der Waals surface area contributed by atoms with E-state index in [2.05, 4.69) is 10.1 Å². The maximum atomic E-state index is 11.9. The normalized spacial score (nSPS) is 11.3. The zero-order chi connectivity index (χ0) is 27.5. The molecule has 1 N–H and O–H groups in total. The van der Waals surface area contributed by atoms with Crippen molar-refractivity contribution in [3.8, 4) is 16.9 Å². The van der Waals surface area contributed by atoms with Crippen LogP contribution in [-0.4, -0.2) is 21.2 Å². The Morgan fingerprint density at radius 1 is 1.03 bits per heavy atom. The van der Waals surface area contributed by atoms with E-state index in [-0.39, 0.29) is 18.2 Å². The molecule has 0 saturated carbocycles. The predicted molar refractivity (Wildman–Crippen MR) is 155 cm³/mol. The molecule has 0 bridgehead atoms. The number of pyridine rings is 1. The topological polar surface area (TPSA) is 85.5 Å². The predicted octanol–water partition coefficient (Wildman–Crippen LogP) is 8.89. The van der Waals surface area contributed by atoms with E-state index >= 15 is 0 Å². The summed E-state index contributed by atoms with van der Waals surface area (Å²) in [5.74, 6) is 0.961. The van der Waals surface area contributed by atoms with Gasteiger partial charge < -0.3 is 14.4 Å². The van der Waals surface area contributed by atoms with Crippen molar-refractivity contribution >= 4 is 51.8 Å². The Kier molecular flexibility index (Phi) is 8.12. The van der Waals surface area contributed by atoms with Gasteiger partial charge in [-0.1, -0.05) is 78.6 Å². The van der Waals surface area contributed by atoms with E-state index in [1.54, 1.807) is 18.2 Å². The summed E-state index contributed by atoms with van der Waals surface area (Å²) >= 11 is 14.2. The molecule has 0 fully saturated rings. The lowest BCUT2D eigenvalue weighted by Crippen LogP contribution is -2.04. The molecule has 0 aliphatic rings. The van der Waals surface area contributed by atoms with E-state index in [0.717, 1.165) is 32.9 Å². The highest BCUT2D eigenvalue weighted by Crippen LogP contribution is 2.37. The molecule has 0 unspecified atom stereocenters. The maximum absolute atomic E-state index is 11.9. The summed E-state index contributed by atoms with van der Waals surface area (Å²) in [6.07, 6.45) is 0. The summed E-state index contributed by atoms with van der Waals surface area (Å²) in [5.41, 5.74) is 3.58. The number of aromatic nitrogens is 2. The first-order valence-electron chi connectivity index (χ1n) is 12.2. The minimum Gasteiger partial charge on any atom is -0.489 e. The van der Waals surface area contributed by atoms with Crippen LogP contribution in [0.15, 0.2) is 82.2 Å². The van der Waals surface area contributed by atoms with Gasteiger partial charge in [0.1, 0.15) is 23.8 Å². The molecule has 2 aromatic heterocycles. The van der Waals surface area contributed by atoms with Gasteiger partial charge in [-0.25, -0.2) is 9.78 Å². The zero-order valence-electron chi connectivity index (χ0n) is 21.2. The smallest absolute Gasteiger partial charge is 0.355 e. The third-order valence-corrected chi connectivity index (χ3v) is 8.17. The monoisotopic (exact) mass is 578 g/mol. The van der Waals surface area contributed by atoms with Gasteiger partial charge in [-0.15, -0.1) is 11.8 Å². The standard InChI is InChI=1S/C30H24Cl2N2O4S/c1-17(2)28-22(26(34-38-28)16-39-29-23(31)7-5-8-24(29)32)15-37-20-12-10-18(11-13-20)21-14-19-6-3-4-9-25(19)33-27(21)30(35)36/h3-14,17H,15-16H2,1-2H3,(H,35,36). The Hall–Kier alpha value is -3.52. The zero-order valence-corrected chi connectivity index (χ0v) is 23.5. The van der Waals surface area contributed by atoms with Crippen molar-refractivity contribution in [2.75, 3.05) is 0 Å². The highest BCUT2D eigenvalue weighted by molar-refractivity contribution is 7.98. The number of halogens is 2. The van der Waals surface area contributed by atoms with Crippen LogP contribution in [0.25, 0.3) is 22.0 Å². The number of para-hydroxylation sites is 1. The Bertz CT molecular complexity index is 1630. The summed E-state index contributed by atoms with van der Waals surface area (Å²) in [7, 11) is 0. The number of rotatable bonds is 9. The first kappa shape index (κ1) is 27.1. The van der Waals surface area contributed by atoms with Crippen LogP contribution in [0.2, 0.25) is 10.0 Å². The third-order valence-electron chi connectivity index (χ3n) is 6.17. The lowest BCUT2D eigenvalue weighted by molar-refractivity contribution is 0.0692. The minimum atomic E-state index is -1.08. The minimum absolute atomic E-state index is 0.00850. The number of hydrogen-bond acceptors (Lipinski definition) is 6. The fourth-order valence-electron chi connectivity index (χ4n) is 4.22. The Balaban J connectivity index is 1.36. The van der Waals surface area contributed by atoms with Gasteiger partial charge in [0, 0.05) is 27.5 Å². The van der Waals surface area contributed by atoms with Gasteiger partial charge in [0.25, 0.3) is 0 Å². The van der Waals surface area contributed by atoms with Crippen molar-refractivity contribution in [2.24, 2.45) is 0 Å². The van der Waals surface area contributed by atoms with Gasteiger partial charge in [-0.05, 0) is 42.0 Å². The van der Waals surface area contributed by atoms with Gasteiger partial charge in [-0.3, -0.25) is 0 Å². The van der Waals surface area contributed by atoms with Gasteiger partial charge in [-0.2, -0.15) is 0 Å². The number of benzene rings is 3. The molecule has 0 spiro atoms. The lowest BCUT2D eigenvalue weighted by atomic mass is 10.0. The number of nitrogens with zero attached hydrogens (tertiary/aromatic N) is 2. The van der Waals surface area contributed by atoms with Crippen molar-refractivity contribution in [3.63, 3.8) is 0 Å². The molecule has 5 aromatic rings. The molecule has 0 saturated heterocycles. The van der Waals surface area contributed by atoms with Crippen LogP contribution in [0, 0.1) is 0 Å². The molecule has 0 radical (unpaired) electrons. The number of fused-ring (bicyclic) bond motifs is 1. The van der Waals surface area contributed by atoms with Gasteiger partial charge in [0.15, 0.2) is 5.69 Å². The van der Waals surface area contributed by atoms with E-state index in [4.69, 9.17) is 32.5 Å². The number of aromatic carboxylic acids is 1. The summed E-state index contributed by atoms with van der Waals surface area (Å²) < 4.78 is 11.8. The summed E-state index contributed by atoms with van der Waals surface area (Å²) in [6.45, 7) is 4.34. The van der Waals surface area contributed by atoms with Crippen LogP contribution < -0.4 is 4.74 Å². The van der Waals surface area contributed by atoms with E-state index in [0.29, 0.717) is 32.6 Å². The molecule has 198 valence electrons. The van der Waals surface area contributed by atoms with Gasteiger partial charge in [0.05, 0.1) is 21.1 Å². The molecule has 0 atom stereocenters. The molecule has 0 aliphatic carbocycles. The lowest BCUT2D eigenvalue weighted by Gasteiger charge is -2.11. The van der Waals surface area contributed by atoms with E-state index in [9.17, 15) is 9.90 Å². The van der Waals surface area contributed by atoms with Crippen LogP contribution in [0.5, 0.6) is 5.75 Å². The molecule has 2 heterocycles. The second-order valence-corrected chi connectivity index (χ2v) is 11.0. The van der Waals surface area contributed by atoms with Crippen LogP contribution in [0.3, 0.4) is 0 Å².